The van der Waals surface area contributed by atoms with Crippen molar-refractivity contribution < 1.29 is 4.74 Å². The van der Waals surface area contributed by atoms with Crippen LogP contribution >= 0.6 is 35.3 Å². The Morgan fingerprint density at radius 3 is 2.50 bits per heavy atom. The number of nitrogens with one attached hydrogen (secondary N) is 2. The van der Waals surface area contributed by atoms with Crippen molar-refractivity contribution in [2.75, 3.05) is 26.7 Å². The molecule has 0 aliphatic rings. The Bertz CT molecular complexity index is 722. The Balaban J connectivity index is 0.00000338. The normalized spacial score (nSPS) is 10.6. The van der Waals surface area contributed by atoms with Crippen LogP contribution in [0.25, 0.3) is 0 Å². The van der Waals surface area contributed by atoms with E-state index >= 15 is 0 Å². The number of aromatic nitrogens is 1. The summed E-state index contributed by atoms with van der Waals surface area (Å²) >= 11 is 1.68. The molecule has 0 unspecified atom stereocenters. The van der Waals surface area contributed by atoms with Gasteiger partial charge in [0.15, 0.2) is 5.96 Å². The highest BCUT2D eigenvalue weighted by Gasteiger charge is 2.01. The van der Waals surface area contributed by atoms with Crippen LogP contribution in [-0.2, 0) is 12.8 Å². The maximum absolute atomic E-state index is 5.37. The van der Waals surface area contributed by atoms with Crippen LogP contribution in [0.2, 0.25) is 0 Å². The summed E-state index contributed by atoms with van der Waals surface area (Å²) in [5.74, 6) is 4.06. The number of hydrogen-bond acceptors (Lipinski definition) is 4. The number of aryl methyl sites for hydroxylation is 1. The first kappa shape index (κ1) is 22.3. The molecule has 2 rings (SSSR count). The molecule has 26 heavy (non-hydrogen) atoms. The van der Waals surface area contributed by atoms with E-state index in [0.717, 1.165) is 48.3 Å². The highest BCUT2D eigenvalue weighted by atomic mass is 127. The van der Waals surface area contributed by atoms with Crippen LogP contribution in [0.5, 0.6) is 5.75 Å². The van der Waals surface area contributed by atoms with Gasteiger partial charge in [-0.25, -0.2) is 4.98 Å². The molecule has 0 aliphatic carbocycles. The van der Waals surface area contributed by atoms with Crippen molar-refractivity contribution in [2.24, 2.45) is 4.99 Å². The molecule has 2 aromatic rings. The Morgan fingerprint density at radius 2 is 1.92 bits per heavy atom. The molecule has 0 atom stereocenters. The first-order chi connectivity index (χ1) is 12.2. The van der Waals surface area contributed by atoms with E-state index in [-0.39, 0.29) is 24.0 Å². The molecular formula is C19H25IN4OS. The minimum absolute atomic E-state index is 0. The van der Waals surface area contributed by atoms with Gasteiger partial charge in [0.25, 0.3) is 0 Å². The van der Waals surface area contributed by atoms with E-state index < -0.39 is 0 Å². The van der Waals surface area contributed by atoms with Gasteiger partial charge < -0.3 is 15.4 Å². The van der Waals surface area contributed by atoms with Crippen molar-refractivity contribution in [3.8, 4) is 18.1 Å². The van der Waals surface area contributed by atoms with Crippen LogP contribution in [0.1, 0.15) is 16.3 Å². The summed E-state index contributed by atoms with van der Waals surface area (Å²) in [6, 6.07) is 7.98. The lowest BCUT2D eigenvalue weighted by molar-refractivity contribution is 0.370. The van der Waals surface area contributed by atoms with E-state index in [4.69, 9.17) is 11.2 Å². The van der Waals surface area contributed by atoms with Gasteiger partial charge >= 0.3 is 0 Å². The fraction of sp³-hybridized carbons (Fsp3) is 0.368. The molecule has 0 fully saturated rings. The predicted octanol–water partition coefficient (Wildman–Crippen LogP) is 3.03. The van der Waals surface area contributed by atoms with Crippen molar-refractivity contribution in [2.45, 2.75) is 19.8 Å². The molecule has 5 nitrogen and oxygen atoms in total. The Labute approximate surface area is 176 Å². The summed E-state index contributed by atoms with van der Waals surface area (Å²) in [5, 5.41) is 9.84. The van der Waals surface area contributed by atoms with Gasteiger partial charge in [0.05, 0.1) is 10.7 Å². The number of benzene rings is 1. The molecule has 1 aromatic carbocycles. The largest absolute Gasteiger partial charge is 0.481 e. The lowest BCUT2D eigenvalue weighted by atomic mass is 10.1. The van der Waals surface area contributed by atoms with E-state index in [9.17, 15) is 0 Å². The third-order valence-electron chi connectivity index (χ3n) is 3.52. The van der Waals surface area contributed by atoms with E-state index in [0.29, 0.717) is 6.61 Å². The third-order valence-corrected chi connectivity index (χ3v) is 4.34. The average molecular weight is 484 g/mol. The molecule has 0 saturated heterocycles. The van der Waals surface area contributed by atoms with Crippen molar-refractivity contribution in [3.05, 3.63) is 45.9 Å². The molecule has 2 N–H and O–H groups in total. The van der Waals surface area contributed by atoms with Crippen molar-refractivity contribution in [1.82, 2.24) is 15.6 Å². The summed E-state index contributed by atoms with van der Waals surface area (Å²) in [6.45, 7) is 3.93. The minimum Gasteiger partial charge on any atom is -0.481 e. The van der Waals surface area contributed by atoms with Gasteiger partial charge in [-0.1, -0.05) is 18.1 Å². The zero-order chi connectivity index (χ0) is 17.9. The Morgan fingerprint density at radius 1 is 1.23 bits per heavy atom. The molecule has 0 amide bonds. The quantitative estimate of drug-likeness (QED) is 0.262. The molecule has 0 aliphatic heterocycles. The smallest absolute Gasteiger partial charge is 0.190 e. The first-order valence-electron chi connectivity index (χ1n) is 8.22. The fourth-order valence-corrected chi connectivity index (χ4v) is 2.90. The SMILES string of the molecule is C#CCOc1ccc(CCNC(=NC)NCCc2csc(C)n2)cc1.I. The number of rotatable bonds is 8. The Kier molecular flexibility index (Phi) is 10.7. The van der Waals surface area contributed by atoms with Crippen LogP contribution in [0.15, 0.2) is 34.6 Å². The highest BCUT2D eigenvalue weighted by Crippen LogP contribution is 2.12. The van der Waals surface area contributed by atoms with Gasteiger partial charge in [-0.3, -0.25) is 4.99 Å². The number of guanidine groups is 1. The molecular weight excluding hydrogens is 459 g/mol. The predicted molar refractivity (Wildman–Crippen MR) is 120 cm³/mol. The van der Waals surface area contributed by atoms with Crippen LogP contribution in [0.4, 0.5) is 0 Å². The van der Waals surface area contributed by atoms with E-state index in [1.54, 1.807) is 18.4 Å². The van der Waals surface area contributed by atoms with Crippen LogP contribution in [0, 0.1) is 19.3 Å². The number of ether oxygens (including phenoxy) is 1. The second-order valence-corrected chi connectivity index (χ2v) is 6.48. The zero-order valence-electron chi connectivity index (χ0n) is 15.1. The number of thiazole rings is 1. The van der Waals surface area contributed by atoms with Crippen LogP contribution in [0.3, 0.4) is 0 Å². The highest BCUT2D eigenvalue weighted by molar-refractivity contribution is 14.0. The maximum atomic E-state index is 5.37. The second-order valence-electron chi connectivity index (χ2n) is 5.42. The van der Waals surface area contributed by atoms with Crippen molar-refractivity contribution >= 4 is 41.3 Å². The number of hydrogen-bond donors (Lipinski definition) is 2. The number of halogens is 1. The molecule has 0 bridgehead atoms. The zero-order valence-corrected chi connectivity index (χ0v) is 18.3. The Hall–Kier alpha value is -1.79. The van der Waals surface area contributed by atoms with Crippen LogP contribution in [-0.4, -0.2) is 37.7 Å². The van der Waals surface area contributed by atoms with Crippen molar-refractivity contribution in [1.29, 1.82) is 0 Å². The van der Waals surface area contributed by atoms with E-state index in [1.807, 2.05) is 31.2 Å². The van der Waals surface area contributed by atoms with Gasteiger partial charge in [-0.05, 0) is 31.0 Å². The standard InChI is InChI=1S/C19H24N4OS.HI/c1-4-13-24-18-7-5-16(6-8-18)9-11-21-19(20-3)22-12-10-17-14-25-15(2)23-17;/h1,5-8,14H,9-13H2,2-3H3,(H2,20,21,22);1H. The average Bonchev–Trinajstić information content (AvgIpc) is 3.05. The fourth-order valence-electron chi connectivity index (χ4n) is 2.26. The summed E-state index contributed by atoms with van der Waals surface area (Å²) < 4.78 is 5.37. The molecule has 1 heterocycles. The lowest BCUT2D eigenvalue weighted by Crippen LogP contribution is -2.39. The van der Waals surface area contributed by atoms with E-state index in [1.165, 1.54) is 5.56 Å². The maximum Gasteiger partial charge on any atom is 0.190 e. The lowest BCUT2D eigenvalue weighted by Gasteiger charge is -2.11. The number of terminal acetylenes is 1. The minimum atomic E-state index is 0. The van der Waals surface area contributed by atoms with Gasteiger partial charge in [-0.2, -0.15) is 0 Å². The summed E-state index contributed by atoms with van der Waals surface area (Å²) in [7, 11) is 1.78. The van der Waals surface area contributed by atoms with Crippen molar-refractivity contribution in [3.63, 3.8) is 0 Å². The molecule has 0 saturated carbocycles. The summed E-state index contributed by atoms with van der Waals surface area (Å²) in [5.41, 5.74) is 2.35. The van der Waals surface area contributed by atoms with Gasteiger partial charge in [0.2, 0.25) is 0 Å². The van der Waals surface area contributed by atoms with Gasteiger partial charge in [0, 0.05) is 31.9 Å². The molecule has 0 spiro atoms. The topological polar surface area (TPSA) is 58.5 Å². The number of nitrogens with zero attached hydrogens (tertiary/aromatic N) is 2. The number of aliphatic imine (C=N–C) groups is 1. The van der Waals surface area contributed by atoms with E-state index in [2.05, 4.69) is 31.9 Å². The molecule has 1 aromatic heterocycles. The van der Waals surface area contributed by atoms with Gasteiger partial charge in [-0.15, -0.1) is 41.7 Å². The summed E-state index contributed by atoms with van der Waals surface area (Å²) in [4.78, 5) is 8.70. The monoisotopic (exact) mass is 484 g/mol. The summed E-state index contributed by atoms with van der Waals surface area (Å²) in [6.07, 6.45) is 6.98. The molecule has 140 valence electrons. The molecule has 7 heteroatoms. The second kappa shape index (κ2) is 12.5. The first-order valence-corrected chi connectivity index (χ1v) is 9.10. The van der Waals surface area contributed by atoms with Gasteiger partial charge in [0.1, 0.15) is 12.4 Å². The molecule has 0 radical (unpaired) electrons. The van der Waals surface area contributed by atoms with Crippen LogP contribution < -0.4 is 15.4 Å². The third kappa shape index (κ3) is 8.06.